The summed E-state index contributed by atoms with van der Waals surface area (Å²) in [5.74, 6) is 2.42. The average Bonchev–Trinajstić information content (AvgIpc) is 2.37. The van der Waals surface area contributed by atoms with Gasteiger partial charge in [0.15, 0.2) is 0 Å². The number of anilines is 2. The first-order valence-corrected chi connectivity index (χ1v) is 7.53. The Morgan fingerprint density at radius 3 is 2.35 bits per heavy atom. The van der Waals surface area contributed by atoms with Crippen LogP contribution in [0, 0.1) is 0 Å². The molecule has 0 radical (unpaired) electrons. The summed E-state index contributed by atoms with van der Waals surface area (Å²) in [6, 6.07) is 1.89. The molecule has 1 aliphatic heterocycles. The largest absolute Gasteiger partial charge is 0.384 e. The van der Waals surface area contributed by atoms with Gasteiger partial charge in [-0.3, -0.25) is 4.90 Å². The van der Waals surface area contributed by atoms with Gasteiger partial charge in [-0.15, -0.1) is 0 Å². The topological polar surface area (TPSA) is 58.3 Å². The van der Waals surface area contributed by atoms with Crippen LogP contribution in [0.15, 0.2) is 6.07 Å². The van der Waals surface area contributed by atoms with E-state index in [-0.39, 0.29) is 5.54 Å². The van der Waals surface area contributed by atoms with Gasteiger partial charge in [0.25, 0.3) is 0 Å². The second kappa shape index (κ2) is 5.95. The Kier molecular flexibility index (Phi) is 4.48. The predicted molar refractivity (Wildman–Crippen MR) is 84.0 cm³/mol. The molecule has 0 unspecified atom stereocenters. The molecule has 0 saturated carbocycles. The molecule has 0 spiro atoms. The van der Waals surface area contributed by atoms with Crippen LogP contribution in [-0.2, 0) is 6.42 Å². The summed E-state index contributed by atoms with van der Waals surface area (Å²) in [5.41, 5.74) is 6.14. The molecule has 1 saturated heterocycles. The summed E-state index contributed by atoms with van der Waals surface area (Å²) < 4.78 is 0. The average molecular weight is 277 g/mol. The van der Waals surface area contributed by atoms with E-state index in [1.54, 1.807) is 0 Å². The predicted octanol–water partition coefficient (Wildman–Crippen LogP) is 1.93. The highest BCUT2D eigenvalue weighted by Gasteiger charge is 2.26. The van der Waals surface area contributed by atoms with E-state index >= 15 is 0 Å². The first kappa shape index (κ1) is 15.0. The molecule has 0 atom stereocenters. The molecule has 20 heavy (non-hydrogen) atoms. The lowest BCUT2D eigenvalue weighted by molar-refractivity contribution is 0.128. The Balaban J connectivity index is 2.07. The summed E-state index contributed by atoms with van der Waals surface area (Å²) in [6.45, 7) is 13.1. The van der Waals surface area contributed by atoms with Crippen molar-refractivity contribution in [2.75, 3.05) is 36.8 Å². The zero-order chi connectivity index (χ0) is 14.8. The van der Waals surface area contributed by atoms with Gasteiger partial charge in [-0.2, -0.15) is 0 Å². The highest BCUT2D eigenvalue weighted by molar-refractivity contribution is 5.47. The van der Waals surface area contributed by atoms with Gasteiger partial charge in [-0.25, -0.2) is 9.97 Å². The number of piperazine rings is 1. The normalized spacial score (nSPS) is 17.5. The second-order valence-electron chi connectivity index (χ2n) is 6.46. The van der Waals surface area contributed by atoms with E-state index in [9.17, 15) is 0 Å². The Morgan fingerprint density at radius 2 is 1.80 bits per heavy atom. The minimum absolute atomic E-state index is 0.240. The zero-order valence-corrected chi connectivity index (χ0v) is 13.2. The van der Waals surface area contributed by atoms with Crippen molar-refractivity contribution in [3.8, 4) is 0 Å². The fourth-order valence-corrected chi connectivity index (χ4v) is 2.61. The van der Waals surface area contributed by atoms with Crippen LogP contribution in [0.2, 0.25) is 0 Å². The van der Waals surface area contributed by atoms with Crippen LogP contribution in [0.1, 0.15) is 39.9 Å². The molecule has 0 aliphatic carbocycles. The van der Waals surface area contributed by atoms with Crippen molar-refractivity contribution in [3.05, 3.63) is 11.9 Å². The lowest BCUT2D eigenvalue weighted by atomic mass is 10.1. The molecule has 5 heteroatoms. The number of aromatic nitrogens is 2. The van der Waals surface area contributed by atoms with Crippen molar-refractivity contribution in [2.24, 2.45) is 0 Å². The SMILES string of the molecule is CCCc1nc(N)cc(N2CCN(C(C)(C)C)CC2)n1. The highest BCUT2D eigenvalue weighted by Crippen LogP contribution is 2.20. The maximum absolute atomic E-state index is 5.90. The molecular weight excluding hydrogens is 250 g/mol. The van der Waals surface area contributed by atoms with Gasteiger partial charge >= 0.3 is 0 Å². The summed E-state index contributed by atoms with van der Waals surface area (Å²) in [5, 5.41) is 0. The van der Waals surface area contributed by atoms with Crippen LogP contribution in [0.3, 0.4) is 0 Å². The minimum atomic E-state index is 0.240. The van der Waals surface area contributed by atoms with Crippen LogP contribution in [0.25, 0.3) is 0 Å². The van der Waals surface area contributed by atoms with Crippen molar-refractivity contribution in [1.82, 2.24) is 14.9 Å². The molecule has 5 nitrogen and oxygen atoms in total. The third-order valence-electron chi connectivity index (χ3n) is 3.80. The van der Waals surface area contributed by atoms with Crippen LogP contribution < -0.4 is 10.6 Å². The number of hydrogen-bond acceptors (Lipinski definition) is 5. The summed E-state index contributed by atoms with van der Waals surface area (Å²) in [4.78, 5) is 13.8. The smallest absolute Gasteiger partial charge is 0.134 e. The van der Waals surface area contributed by atoms with Gasteiger partial charge in [0.05, 0.1) is 0 Å². The number of aryl methyl sites for hydroxylation is 1. The lowest BCUT2D eigenvalue weighted by Gasteiger charge is -2.42. The molecule has 1 fully saturated rings. The van der Waals surface area contributed by atoms with Crippen LogP contribution in [-0.4, -0.2) is 46.6 Å². The monoisotopic (exact) mass is 277 g/mol. The van der Waals surface area contributed by atoms with Crippen molar-refractivity contribution in [3.63, 3.8) is 0 Å². The molecule has 2 rings (SSSR count). The van der Waals surface area contributed by atoms with E-state index in [0.717, 1.165) is 50.7 Å². The van der Waals surface area contributed by atoms with Gasteiger partial charge in [-0.05, 0) is 27.2 Å². The number of rotatable bonds is 3. The molecule has 1 aliphatic rings. The fraction of sp³-hybridized carbons (Fsp3) is 0.733. The molecule has 1 aromatic heterocycles. The number of nitrogens with two attached hydrogens (primary N) is 1. The number of nitrogens with zero attached hydrogens (tertiary/aromatic N) is 4. The van der Waals surface area contributed by atoms with Crippen molar-refractivity contribution in [1.29, 1.82) is 0 Å². The second-order valence-corrected chi connectivity index (χ2v) is 6.46. The van der Waals surface area contributed by atoms with Crippen molar-refractivity contribution in [2.45, 2.75) is 46.1 Å². The number of nitrogen functional groups attached to an aromatic ring is 1. The fourth-order valence-electron chi connectivity index (χ4n) is 2.61. The summed E-state index contributed by atoms with van der Waals surface area (Å²) in [7, 11) is 0. The van der Waals surface area contributed by atoms with Gasteiger partial charge < -0.3 is 10.6 Å². The van der Waals surface area contributed by atoms with E-state index < -0.39 is 0 Å². The molecule has 0 amide bonds. The van der Waals surface area contributed by atoms with E-state index in [2.05, 4.69) is 47.5 Å². The summed E-state index contributed by atoms with van der Waals surface area (Å²) >= 11 is 0. The van der Waals surface area contributed by atoms with Crippen molar-refractivity contribution >= 4 is 11.6 Å². The van der Waals surface area contributed by atoms with Crippen LogP contribution in [0.5, 0.6) is 0 Å². The molecular formula is C15H27N5. The molecule has 112 valence electrons. The molecule has 2 heterocycles. The van der Waals surface area contributed by atoms with E-state index in [4.69, 9.17) is 5.73 Å². The van der Waals surface area contributed by atoms with Gasteiger partial charge in [0.2, 0.25) is 0 Å². The first-order valence-electron chi connectivity index (χ1n) is 7.53. The number of hydrogen-bond donors (Lipinski definition) is 1. The Hall–Kier alpha value is -1.36. The van der Waals surface area contributed by atoms with Crippen molar-refractivity contribution < 1.29 is 0 Å². The van der Waals surface area contributed by atoms with E-state index in [0.29, 0.717) is 5.82 Å². The Labute approximate surface area is 122 Å². The summed E-state index contributed by atoms with van der Waals surface area (Å²) in [6.07, 6.45) is 1.93. The van der Waals surface area contributed by atoms with Crippen LogP contribution in [0.4, 0.5) is 11.6 Å². The Morgan fingerprint density at radius 1 is 1.15 bits per heavy atom. The maximum Gasteiger partial charge on any atom is 0.134 e. The maximum atomic E-state index is 5.90. The van der Waals surface area contributed by atoms with Gasteiger partial charge in [-0.1, -0.05) is 6.92 Å². The minimum Gasteiger partial charge on any atom is -0.384 e. The molecule has 2 N–H and O–H groups in total. The standard InChI is InChI=1S/C15H27N5/c1-5-6-13-17-12(16)11-14(18-13)19-7-9-20(10-8-19)15(2,3)4/h11H,5-10H2,1-4H3,(H2,16,17,18). The highest BCUT2D eigenvalue weighted by atomic mass is 15.3. The molecule has 1 aromatic rings. The van der Waals surface area contributed by atoms with E-state index in [1.165, 1.54) is 0 Å². The quantitative estimate of drug-likeness (QED) is 0.915. The van der Waals surface area contributed by atoms with Crippen LogP contribution >= 0.6 is 0 Å². The van der Waals surface area contributed by atoms with E-state index in [1.807, 2.05) is 6.07 Å². The third kappa shape index (κ3) is 3.60. The van der Waals surface area contributed by atoms with Gasteiger partial charge in [0, 0.05) is 44.2 Å². The molecule has 0 bridgehead atoms. The van der Waals surface area contributed by atoms with Gasteiger partial charge in [0.1, 0.15) is 17.5 Å². The third-order valence-corrected chi connectivity index (χ3v) is 3.80. The Bertz CT molecular complexity index is 444. The first-order chi connectivity index (χ1) is 9.40. The molecule has 0 aromatic carbocycles. The lowest BCUT2D eigenvalue weighted by Crippen LogP contribution is -2.53. The zero-order valence-electron chi connectivity index (χ0n) is 13.2.